The van der Waals surface area contributed by atoms with Gasteiger partial charge in [-0.15, -0.1) is 22.7 Å². The van der Waals surface area contributed by atoms with Crippen LogP contribution in [0.4, 0.5) is 0 Å². The van der Waals surface area contributed by atoms with Crippen LogP contribution in [0.3, 0.4) is 0 Å². The van der Waals surface area contributed by atoms with Gasteiger partial charge in [-0.1, -0.05) is 84.9 Å². The Hall–Kier alpha value is -5.70. The van der Waals surface area contributed by atoms with E-state index in [0.29, 0.717) is 22.5 Å². The van der Waals surface area contributed by atoms with Gasteiger partial charge in [0.1, 0.15) is 10.0 Å². The van der Waals surface area contributed by atoms with E-state index in [0.717, 1.165) is 41.6 Å². The van der Waals surface area contributed by atoms with Crippen molar-refractivity contribution in [2.24, 2.45) is 0 Å². The zero-order chi connectivity index (χ0) is 31.3. The lowest BCUT2D eigenvalue weighted by atomic mass is 10.1. The number of nitrogens with one attached hydrogen (secondary N) is 2. The minimum absolute atomic E-state index is 0.208. The van der Waals surface area contributed by atoms with Crippen LogP contribution in [0.25, 0.3) is 44.0 Å². The molecule has 46 heavy (non-hydrogen) atoms. The van der Waals surface area contributed by atoms with E-state index >= 15 is 0 Å². The van der Waals surface area contributed by atoms with Crippen molar-refractivity contribution in [1.29, 1.82) is 0 Å². The molecule has 0 spiro atoms. The first-order valence-corrected chi connectivity index (χ1v) is 16.2. The molecule has 222 valence electrons. The summed E-state index contributed by atoms with van der Waals surface area (Å²) >= 11 is 3.05. The van der Waals surface area contributed by atoms with Crippen LogP contribution < -0.4 is 10.6 Å². The molecule has 7 rings (SSSR count). The zero-order valence-corrected chi connectivity index (χ0v) is 26.0. The van der Waals surface area contributed by atoms with Crippen molar-refractivity contribution in [1.82, 2.24) is 20.6 Å². The lowest BCUT2D eigenvalue weighted by molar-refractivity contribution is 0.0965. The molecule has 0 aliphatic rings. The number of rotatable bonds is 8. The maximum Gasteiger partial charge on any atom is 0.255 e. The van der Waals surface area contributed by atoms with Crippen molar-refractivity contribution < 1.29 is 9.59 Å². The van der Waals surface area contributed by atoms with Crippen molar-refractivity contribution in [3.8, 4) is 0 Å². The molecule has 0 saturated carbocycles. The number of fused-ring (bicyclic) bond motifs is 2. The van der Waals surface area contributed by atoms with Gasteiger partial charge < -0.3 is 10.6 Å². The number of amides is 2. The SMILES string of the molecule is O=C(N/C(=C\c1ccc(/C=C(\NC(=O)c2ccccc2)c2nc3ccccc3s2)cc1)c1nc2ccccc2s1)c1ccccc1. The van der Waals surface area contributed by atoms with Crippen LogP contribution in [-0.4, -0.2) is 21.8 Å². The van der Waals surface area contributed by atoms with E-state index in [1.165, 1.54) is 22.7 Å². The fraction of sp³-hybridized carbons (Fsp3) is 0. The van der Waals surface area contributed by atoms with Gasteiger partial charge in [0.05, 0.1) is 31.8 Å². The van der Waals surface area contributed by atoms with Gasteiger partial charge in [-0.25, -0.2) is 9.97 Å². The highest BCUT2D eigenvalue weighted by molar-refractivity contribution is 7.20. The number of aromatic nitrogens is 2. The molecule has 0 radical (unpaired) electrons. The van der Waals surface area contributed by atoms with Gasteiger partial charge in [-0.3, -0.25) is 9.59 Å². The minimum atomic E-state index is -0.208. The first-order chi connectivity index (χ1) is 22.6. The summed E-state index contributed by atoms with van der Waals surface area (Å²) in [4.78, 5) is 35.9. The molecule has 2 aromatic heterocycles. The summed E-state index contributed by atoms with van der Waals surface area (Å²) in [5.41, 5.74) is 5.88. The smallest absolute Gasteiger partial charge is 0.255 e. The number of thiazole rings is 2. The summed E-state index contributed by atoms with van der Waals surface area (Å²) in [6, 6.07) is 42.0. The summed E-state index contributed by atoms with van der Waals surface area (Å²) in [5, 5.41) is 7.60. The molecule has 2 heterocycles. The minimum Gasteiger partial charge on any atom is -0.319 e. The maximum atomic E-state index is 13.2. The summed E-state index contributed by atoms with van der Waals surface area (Å²) in [5.74, 6) is -0.416. The highest BCUT2D eigenvalue weighted by Gasteiger charge is 2.15. The predicted octanol–water partition coefficient (Wildman–Crippen LogP) is 8.76. The standard InChI is InChI=1S/C38H26N4O2S2/c43-35(27-11-3-1-4-12-27)39-31(37-41-29-15-7-9-17-33(29)45-37)23-25-19-21-26(22-20-25)24-32(40-36(44)28-13-5-2-6-14-28)38-42-30-16-8-10-18-34(30)46-38/h1-24H,(H,39,43)(H,40,44)/b31-23-,32-24-. The predicted molar refractivity (Wildman–Crippen MR) is 189 cm³/mol. The highest BCUT2D eigenvalue weighted by atomic mass is 32.1. The van der Waals surface area contributed by atoms with Crippen molar-refractivity contribution in [2.75, 3.05) is 0 Å². The van der Waals surface area contributed by atoms with Gasteiger partial charge in [-0.05, 0) is 71.8 Å². The van der Waals surface area contributed by atoms with Gasteiger partial charge >= 0.3 is 0 Å². The quantitative estimate of drug-likeness (QED) is 0.175. The number of nitrogens with zero attached hydrogens (tertiary/aromatic N) is 2. The van der Waals surface area contributed by atoms with Crippen molar-refractivity contribution in [3.05, 3.63) is 166 Å². The van der Waals surface area contributed by atoms with E-state index in [1.807, 2.05) is 121 Å². The second-order valence-electron chi connectivity index (χ2n) is 10.4. The number of hydrogen-bond donors (Lipinski definition) is 2. The Labute approximate surface area is 273 Å². The van der Waals surface area contributed by atoms with E-state index in [2.05, 4.69) is 10.6 Å². The van der Waals surface area contributed by atoms with Gasteiger partial charge in [0, 0.05) is 11.1 Å². The zero-order valence-electron chi connectivity index (χ0n) is 24.4. The van der Waals surface area contributed by atoms with E-state index in [9.17, 15) is 9.59 Å². The average molecular weight is 635 g/mol. The number of hydrogen-bond acceptors (Lipinski definition) is 6. The van der Waals surface area contributed by atoms with Crippen LogP contribution in [0.2, 0.25) is 0 Å². The third-order valence-electron chi connectivity index (χ3n) is 7.18. The van der Waals surface area contributed by atoms with Gasteiger partial charge in [-0.2, -0.15) is 0 Å². The lowest BCUT2D eigenvalue weighted by Gasteiger charge is -2.09. The second kappa shape index (κ2) is 13.1. The molecule has 2 amide bonds. The number of benzene rings is 5. The van der Waals surface area contributed by atoms with Crippen LogP contribution in [0.1, 0.15) is 41.9 Å². The fourth-order valence-corrected chi connectivity index (χ4v) is 6.74. The molecule has 0 fully saturated rings. The molecule has 7 aromatic rings. The Morgan fingerprint density at radius 2 is 0.848 bits per heavy atom. The third-order valence-corrected chi connectivity index (χ3v) is 9.31. The largest absolute Gasteiger partial charge is 0.319 e. The summed E-state index contributed by atoms with van der Waals surface area (Å²) in [6.45, 7) is 0. The molecular formula is C38H26N4O2S2. The van der Waals surface area contributed by atoms with Crippen molar-refractivity contribution in [3.63, 3.8) is 0 Å². The topological polar surface area (TPSA) is 84.0 Å². The molecule has 8 heteroatoms. The lowest BCUT2D eigenvalue weighted by Crippen LogP contribution is -2.21. The molecule has 0 unspecified atom stereocenters. The monoisotopic (exact) mass is 634 g/mol. The number of para-hydroxylation sites is 2. The van der Waals surface area contributed by atoms with E-state index in [1.54, 1.807) is 24.3 Å². The Balaban J connectivity index is 1.22. The Morgan fingerprint density at radius 3 is 1.24 bits per heavy atom. The maximum absolute atomic E-state index is 13.2. The van der Waals surface area contributed by atoms with Gasteiger partial charge in [0.2, 0.25) is 0 Å². The molecule has 0 bridgehead atoms. The van der Waals surface area contributed by atoms with Gasteiger partial charge in [0.25, 0.3) is 11.8 Å². The number of carbonyl (C=O) groups is 2. The Morgan fingerprint density at radius 1 is 0.478 bits per heavy atom. The normalized spacial score (nSPS) is 11.9. The molecule has 0 aliphatic heterocycles. The van der Waals surface area contributed by atoms with Crippen LogP contribution in [0, 0.1) is 0 Å². The molecule has 2 N–H and O–H groups in total. The van der Waals surface area contributed by atoms with Crippen LogP contribution in [0.5, 0.6) is 0 Å². The molecular weight excluding hydrogens is 609 g/mol. The number of carbonyl (C=O) groups excluding carboxylic acids is 2. The average Bonchev–Trinajstić information content (AvgIpc) is 3.74. The molecule has 0 aliphatic carbocycles. The molecule has 0 atom stereocenters. The van der Waals surface area contributed by atoms with Crippen LogP contribution in [0.15, 0.2) is 133 Å². The molecule has 5 aromatic carbocycles. The Kier molecular flexibility index (Phi) is 8.28. The van der Waals surface area contributed by atoms with Crippen molar-refractivity contribution in [2.45, 2.75) is 0 Å². The van der Waals surface area contributed by atoms with E-state index in [-0.39, 0.29) is 11.8 Å². The summed E-state index contributed by atoms with van der Waals surface area (Å²) < 4.78 is 2.08. The van der Waals surface area contributed by atoms with Crippen LogP contribution >= 0.6 is 22.7 Å². The molecule has 0 saturated heterocycles. The Bertz CT molecular complexity index is 2010. The van der Waals surface area contributed by atoms with Gasteiger partial charge in [0.15, 0.2) is 0 Å². The first-order valence-electron chi connectivity index (χ1n) is 14.6. The summed E-state index contributed by atoms with van der Waals surface area (Å²) in [6.07, 6.45) is 3.86. The third kappa shape index (κ3) is 6.53. The fourth-order valence-electron chi connectivity index (χ4n) is 4.87. The molecule has 6 nitrogen and oxygen atoms in total. The highest BCUT2D eigenvalue weighted by Crippen LogP contribution is 2.29. The van der Waals surface area contributed by atoms with Crippen LogP contribution in [-0.2, 0) is 0 Å². The van der Waals surface area contributed by atoms with E-state index in [4.69, 9.17) is 9.97 Å². The van der Waals surface area contributed by atoms with Crippen molar-refractivity contribution >= 4 is 78.5 Å². The first kappa shape index (κ1) is 29.0. The second-order valence-corrected chi connectivity index (χ2v) is 12.5. The van der Waals surface area contributed by atoms with E-state index < -0.39 is 0 Å². The summed E-state index contributed by atoms with van der Waals surface area (Å²) in [7, 11) is 0.